The van der Waals surface area contributed by atoms with Gasteiger partial charge < -0.3 is 47.6 Å². The number of aliphatic hydroxyl groups excluding tert-OH is 1. The fourth-order valence-corrected chi connectivity index (χ4v) is 2.28. The molecule has 0 aromatic carbocycles. The molecule has 0 spiro atoms. The lowest BCUT2D eigenvalue weighted by molar-refractivity contribution is -0.144. The Morgan fingerprint density at radius 2 is 1.62 bits per heavy atom. The maximum absolute atomic E-state index is 12.2. The molecule has 0 heterocycles. The van der Waals surface area contributed by atoms with Gasteiger partial charge in [0.05, 0.1) is 19.6 Å². The van der Waals surface area contributed by atoms with Gasteiger partial charge in [-0.3, -0.25) is 29.4 Å². The highest BCUT2D eigenvalue weighted by Crippen LogP contribution is 1.98. The van der Waals surface area contributed by atoms with Crippen LogP contribution in [0.25, 0.3) is 0 Å². The number of carboxylic acid groups (broad SMARTS) is 2. The van der Waals surface area contributed by atoms with Crippen molar-refractivity contribution in [3.63, 3.8) is 0 Å². The van der Waals surface area contributed by atoms with Gasteiger partial charge in [0, 0.05) is 6.54 Å². The van der Waals surface area contributed by atoms with E-state index in [1.54, 1.807) is 0 Å². The number of amides is 4. The third-order valence-electron chi connectivity index (χ3n) is 3.82. The summed E-state index contributed by atoms with van der Waals surface area (Å²) < 4.78 is 0. The molecule has 0 rings (SSSR count). The topological polar surface area (TPSA) is 273 Å². The van der Waals surface area contributed by atoms with Crippen LogP contribution < -0.4 is 32.3 Å². The van der Waals surface area contributed by atoms with E-state index in [0.717, 1.165) is 0 Å². The summed E-state index contributed by atoms with van der Waals surface area (Å²) in [5, 5.41) is 44.6. The van der Waals surface area contributed by atoms with Crippen molar-refractivity contribution in [2.45, 2.75) is 37.4 Å². The van der Waals surface area contributed by atoms with Crippen LogP contribution >= 0.6 is 0 Å². The van der Waals surface area contributed by atoms with Crippen molar-refractivity contribution in [1.82, 2.24) is 26.6 Å². The van der Waals surface area contributed by atoms with E-state index in [9.17, 15) is 28.8 Å². The number of nitrogens with two attached hydrogens (primary N) is 1. The van der Waals surface area contributed by atoms with E-state index < -0.39 is 67.4 Å². The molecule has 0 radical (unpaired) electrons. The molecular weight excluding hydrogens is 434 g/mol. The van der Waals surface area contributed by atoms with Gasteiger partial charge in [-0.15, -0.1) is 0 Å². The molecule has 0 unspecified atom stereocenters. The summed E-state index contributed by atoms with van der Waals surface area (Å²) in [4.78, 5) is 68.8. The molecule has 11 N–H and O–H groups in total. The molecule has 3 atom stereocenters. The number of carbonyl (C=O) groups is 6. The second-order valence-electron chi connectivity index (χ2n) is 6.34. The quantitative estimate of drug-likeness (QED) is 0.0449. The van der Waals surface area contributed by atoms with Crippen molar-refractivity contribution < 1.29 is 44.1 Å². The van der Waals surface area contributed by atoms with E-state index in [2.05, 4.69) is 16.0 Å². The van der Waals surface area contributed by atoms with Gasteiger partial charge in [0.15, 0.2) is 5.96 Å². The van der Waals surface area contributed by atoms with Gasteiger partial charge in [0.1, 0.15) is 18.1 Å². The minimum absolute atomic E-state index is 0.147. The number of hydrogen-bond acceptors (Lipinski definition) is 8. The first-order valence-corrected chi connectivity index (χ1v) is 9.22. The largest absolute Gasteiger partial charge is 0.481 e. The van der Waals surface area contributed by atoms with E-state index in [-0.39, 0.29) is 25.3 Å². The highest BCUT2D eigenvalue weighted by Gasteiger charge is 2.28. The van der Waals surface area contributed by atoms with Gasteiger partial charge in [0.25, 0.3) is 0 Å². The van der Waals surface area contributed by atoms with Gasteiger partial charge >= 0.3 is 11.9 Å². The van der Waals surface area contributed by atoms with Crippen LogP contribution in [0.4, 0.5) is 0 Å². The number of nitrogens with one attached hydrogen (secondary N) is 6. The Kier molecular flexibility index (Phi) is 13.1. The zero-order chi connectivity index (χ0) is 24.7. The number of guanidine groups is 1. The van der Waals surface area contributed by atoms with Gasteiger partial charge in [-0.25, -0.2) is 4.79 Å². The van der Waals surface area contributed by atoms with Crippen molar-refractivity contribution >= 4 is 42.0 Å². The second-order valence-corrected chi connectivity index (χ2v) is 6.34. The molecule has 0 aromatic rings. The SMILES string of the molecule is N=C(N)NCCC[C@H](NC=O)C(=O)NCC(=O)N[C@@H](CC(=O)O)C(=O)N[C@@H](CO)C(=O)O. The lowest BCUT2D eigenvalue weighted by Crippen LogP contribution is -2.55. The third-order valence-corrected chi connectivity index (χ3v) is 3.82. The summed E-state index contributed by atoms with van der Waals surface area (Å²) in [5.41, 5.74) is 5.12. The molecule has 180 valence electrons. The Bertz CT molecular complexity index is 716. The van der Waals surface area contributed by atoms with Crippen LogP contribution in [0.2, 0.25) is 0 Å². The van der Waals surface area contributed by atoms with Crippen LogP contribution in [0.5, 0.6) is 0 Å². The number of aliphatic carboxylic acids is 2. The normalized spacial score (nSPS) is 12.9. The summed E-state index contributed by atoms with van der Waals surface area (Å²) >= 11 is 0. The monoisotopic (exact) mass is 461 g/mol. The number of rotatable bonds is 16. The number of aliphatic hydroxyl groups is 1. The summed E-state index contributed by atoms with van der Waals surface area (Å²) in [6.45, 7) is -1.37. The first kappa shape index (κ1) is 28.0. The van der Waals surface area contributed by atoms with E-state index in [0.29, 0.717) is 6.42 Å². The zero-order valence-corrected chi connectivity index (χ0v) is 16.9. The van der Waals surface area contributed by atoms with E-state index in [1.165, 1.54) is 0 Å². The highest BCUT2D eigenvalue weighted by atomic mass is 16.4. The summed E-state index contributed by atoms with van der Waals surface area (Å²) in [6.07, 6.45) is -0.104. The lowest BCUT2D eigenvalue weighted by Gasteiger charge is -2.20. The summed E-state index contributed by atoms with van der Waals surface area (Å²) in [7, 11) is 0. The van der Waals surface area contributed by atoms with Crippen LogP contribution in [-0.2, 0) is 28.8 Å². The van der Waals surface area contributed by atoms with Crippen LogP contribution in [-0.4, -0.2) is 95.2 Å². The molecular formula is C16H27N7O9. The Hall–Kier alpha value is -3.95. The Balaban J connectivity index is 4.84. The van der Waals surface area contributed by atoms with Gasteiger partial charge in [0.2, 0.25) is 24.1 Å². The Labute approximate surface area is 181 Å². The van der Waals surface area contributed by atoms with E-state index >= 15 is 0 Å². The lowest BCUT2D eigenvalue weighted by atomic mass is 10.1. The average Bonchev–Trinajstić information content (AvgIpc) is 2.70. The summed E-state index contributed by atoms with van der Waals surface area (Å²) in [6, 6.07) is -4.39. The number of carbonyl (C=O) groups excluding carboxylic acids is 4. The molecule has 0 bridgehead atoms. The van der Waals surface area contributed by atoms with Crippen molar-refractivity contribution in [2.75, 3.05) is 19.7 Å². The molecule has 0 aromatic heterocycles. The van der Waals surface area contributed by atoms with Crippen LogP contribution in [0.15, 0.2) is 0 Å². The van der Waals surface area contributed by atoms with E-state index in [1.807, 2.05) is 10.6 Å². The fourth-order valence-electron chi connectivity index (χ4n) is 2.28. The maximum atomic E-state index is 12.2. The molecule has 0 aliphatic heterocycles. The van der Waals surface area contributed by atoms with Crippen LogP contribution in [0.1, 0.15) is 19.3 Å². The molecule has 32 heavy (non-hydrogen) atoms. The zero-order valence-electron chi connectivity index (χ0n) is 16.9. The van der Waals surface area contributed by atoms with Gasteiger partial charge in [-0.05, 0) is 12.8 Å². The molecule has 0 fully saturated rings. The smallest absolute Gasteiger partial charge is 0.328 e. The molecule has 16 nitrogen and oxygen atoms in total. The molecule has 0 aliphatic carbocycles. The standard InChI is InChI=1S/C16H27N7O9/c17-16(18)19-3-1-2-8(21-7-25)13(29)20-5-11(26)22-9(4-12(27)28)14(30)23-10(6-24)15(31)32/h7-10,24H,1-6H2,(H,20,29)(H,21,25)(H,22,26)(H,23,30)(H,27,28)(H,31,32)(H4,17,18,19)/t8-,9-,10-/m0/s1. The first-order valence-electron chi connectivity index (χ1n) is 9.22. The highest BCUT2D eigenvalue weighted by molar-refractivity contribution is 5.94. The van der Waals surface area contributed by atoms with Crippen LogP contribution in [0, 0.1) is 5.41 Å². The molecule has 0 saturated carbocycles. The van der Waals surface area contributed by atoms with Crippen molar-refractivity contribution in [3.8, 4) is 0 Å². The first-order chi connectivity index (χ1) is 15.0. The molecule has 0 aliphatic rings. The van der Waals surface area contributed by atoms with E-state index in [4.69, 9.17) is 26.5 Å². The molecule has 0 saturated heterocycles. The molecule has 16 heteroatoms. The van der Waals surface area contributed by atoms with Gasteiger partial charge in [-0.1, -0.05) is 0 Å². The summed E-state index contributed by atoms with van der Waals surface area (Å²) in [5.74, 6) is -6.16. The molecule has 4 amide bonds. The predicted molar refractivity (Wildman–Crippen MR) is 106 cm³/mol. The Morgan fingerprint density at radius 1 is 0.969 bits per heavy atom. The maximum Gasteiger partial charge on any atom is 0.328 e. The Morgan fingerprint density at radius 3 is 2.12 bits per heavy atom. The third kappa shape index (κ3) is 11.9. The van der Waals surface area contributed by atoms with Crippen LogP contribution in [0.3, 0.4) is 0 Å². The predicted octanol–water partition coefficient (Wildman–Crippen LogP) is -5.00. The van der Waals surface area contributed by atoms with Gasteiger partial charge in [-0.2, -0.15) is 0 Å². The average molecular weight is 461 g/mol. The van der Waals surface area contributed by atoms with Crippen molar-refractivity contribution in [1.29, 1.82) is 5.41 Å². The number of carboxylic acids is 2. The minimum atomic E-state index is -1.71. The second kappa shape index (κ2) is 14.9. The van der Waals surface area contributed by atoms with Crippen molar-refractivity contribution in [3.05, 3.63) is 0 Å². The van der Waals surface area contributed by atoms with Crippen molar-refractivity contribution in [2.24, 2.45) is 5.73 Å². The fraction of sp³-hybridized carbons (Fsp3) is 0.562. The minimum Gasteiger partial charge on any atom is -0.481 e. The number of hydrogen-bond donors (Lipinski definition) is 10.